The van der Waals surface area contributed by atoms with Gasteiger partial charge in [-0.25, -0.2) is 9.37 Å². The second kappa shape index (κ2) is 7.55. The summed E-state index contributed by atoms with van der Waals surface area (Å²) < 4.78 is 41.5. The van der Waals surface area contributed by atoms with E-state index in [1.54, 1.807) is 6.07 Å². The van der Waals surface area contributed by atoms with Crippen LogP contribution in [0.15, 0.2) is 42.6 Å². The van der Waals surface area contributed by atoms with Crippen molar-refractivity contribution in [2.75, 3.05) is 18.0 Å². The predicted octanol–water partition coefficient (Wildman–Crippen LogP) is 3.92. The van der Waals surface area contributed by atoms with Crippen LogP contribution in [0.3, 0.4) is 0 Å². The van der Waals surface area contributed by atoms with Crippen LogP contribution in [0.5, 0.6) is 5.75 Å². The maximum atomic E-state index is 13.0. The molecule has 0 saturated carbocycles. The number of halogens is 3. The summed E-state index contributed by atoms with van der Waals surface area (Å²) in [5, 5.41) is 0. The molecule has 2 heterocycles. The summed E-state index contributed by atoms with van der Waals surface area (Å²) in [7, 11) is 0. The molecule has 2 aromatic rings. The SMILES string of the molecule is O=C(c1ccc(F)cc1)C1CCN(c2ccc(OC(F)F)cn2)CC1. The van der Waals surface area contributed by atoms with Gasteiger partial charge in [-0.1, -0.05) is 0 Å². The highest BCUT2D eigenvalue weighted by Gasteiger charge is 2.26. The Morgan fingerprint density at radius 3 is 2.36 bits per heavy atom. The Balaban J connectivity index is 1.58. The van der Waals surface area contributed by atoms with Crippen LogP contribution in [-0.4, -0.2) is 30.5 Å². The summed E-state index contributed by atoms with van der Waals surface area (Å²) in [6, 6.07) is 8.66. The van der Waals surface area contributed by atoms with E-state index in [4.69, 9.17) is 0 Å². The van der Waals surface area contributed by atoms with Gasteiger partial charge < -0.3 is 9.64 Å². The fourth-order valence-electron chi connectivity index (χ4n) is 2.95. The van der Waals surface area contributed by atoms with Gasteiger partial charge in [-0.2, -0.15) is 8.78 Å². The van der Waals surface area contributed by atoms with Crippen molar-refractivity contribution < 1.29 is 22.7 Å². The molecule has 1 saturated heterocycles. The van der Waals surface area contributed by atoms with Crippen molar-refractivity contribution in [1.29, 1.82) is 0 Å². The maximum absolute atomic E-state index is 13.0. The fourth-order valence-corrected chi connectivity index (χ4v) is 2.95. The Hall–Kier alpha value is -2.57. The first-order chi connectivity index (χ1) is 12.0. The molecular formula is C18H17F3N2O2. The van der Waals surface area contributed by atoms with Crippen LogP contribution in [0.1, 0.15) is 23.2 Å². The molecule has 1 fully saturated rings. The van der Waals surface area contributed by atoms with Crippen molar-refractivity contribution in [3.05, 3.63) is 54.0 Å². The molecule has 0 bridgehead atoms. The zero-order valence-electron chi connectivity index (χ0n) is 13.4. The molecule has 0 amide bonds. The van der Waals surface area contributed by atoms with E-state index in [0.717, 1.165) is 0 Å². The Kier molecular flexibility index (Phi) is 5.21. The average Bonchev–Trinajstić information content (AvgIpc) is 2.62. The number of anilines is 1. The van der Waals surface area contributed by atoms with Gasteiger partial charge in [-0.05, 0) is 49.2 Å². The first-order valence-electron chi connectivity index (χ1n) is 7.98. The van der Waals surface area contributed by atoms with Crippen molar-refractivity contribution in [2.45, 2.75) is 19.5 Å². The van der Waals surface area contributed by atoms with Gasteiger partial charge in [0.05, 0.1) is 6.20 Å². The number of Topliss-reactive ketones (excluding diaryl/α,β-unsaturated/α-hetero) is 1. The van der Waals surface area contributed by atoms with Crippen LogP contribution in [0.25, 0.3) is 0 Å². The standard InChI is InChI=1S/C18H17F3N2O2/c19-14-3-1-12(2-4-14)17(24)13-7-9-23(10-8-13)16-6-5-15(11-22-16)25-18(20)21/h1-6,11,13,18H,7-10H2. The third-order valence-corrected chi connectivity index (χ3v) is 4.26. The minimum absolute atomic E-state index is 0.0140. The summed E-state index contributed by atoms with van der Waals surface area (Å²) in [5.74, 6) is 0.225. The highest BCUT2D eigenvalue weighted by atomic mass is 19.3. The molecule has 132 valence electrons. The second-order valence-corrected chi connectivity index (χ2v) is 5.86. The number of alkyl halides is 2. The number of aromatic nitrogens is 1. The van der Waals surface area contributed by atoms with Gasteiger partial charge in [-0.3, -0.25) is 4.79 Å². The topological polar surface area (TPSA) is 42.4 Å². The van der Waals surface area contributed by atoms with Crippen LogP contribution in [0.4, 0.5) is 19.0 Å². The van der Waals surface area contributed by atoms with E-state index in [1.807, 2.05) is 4.90 Å². The van der Waals surface area contributed by atoms with Gasteiger partial charge in [0.15, 0.2) is 5.78 Å². The summed E-state index contributed by atoms with van der Waals surface area (Å²) in [4.78, 5) is 18.6. The molecule has 0 radical (unpaired) electrons. The molecule has 0 atom stereocenters. The van der Waals surface area contributed by atoms with E-state index < -0.39 is 6.61 Å². The smallest absolute Gasteiger partial charge is 0.387 e. The van der Waals surface area contributed by atoms with E-state index in [1.165, 1.54) is 36.5 Å². The molecule has 0 N–H and O–H groups in total. The van der Waals surface area contributed by atoms with Gasteiger partial charge in [0, 0.05) is 24.6 Å². The molecule has 0 unspecified atom stereocenters. The van der Waals surface area contributed by atoms with Gasteiger partial charge in [0.25, 0.3) is 0 Å². The Bertz CT molecular complexity index is 712. The third-order valence-electron chi connectivity index (χ3n) is 4.26. The minimum atomic E-state index is -2.87. The van der Waals surface area contributed by atoms with E-state index in [-0.39, 0.29) is 23.3 Å². The number of rotatable bonds is 5. The number of carbonyl (C=O) groups excluding carboxylic acids is 1. The number of hydrogen-bond donors (Lipinski definition) is 0. The normalized spacial score (nSPS) is 15.4. The quantitative estimate of drug-likeness (QED) is 0.767. The number of benzene rings is 1. The zero-order valence-corrected chi connectivity index (χ0v) is 13.4. The van der Waals surface area contributed by atoms with Gasteiger partial charge >= 0.3 is 6.61 Å². The fraction of sp³-hybridized carbons (Fsp3) is 0.333. The number of carbonyl (C=O) groups is 1. The third kappa shape index (κ3) is 4.29. The van der Waals surface area contributed by atoms with E-state index in [9.17, 15) is 18.0 Å². The van der Waals surface area contributed by atoms with Gasteiger partial charge in [0.1, 0.15) is 17.4 Å². The molecule has 1 aromatic heterocycles. The average molecular weight is 350 g/mol. The molecule has 25 heavy (non-hydrogen) atoms. The lowest BCUT2D eigenvalue weighted by molar-refractivity contribution is -0.0500. The number of pyridine rings is 1. The van der Waals surface area contributed by atoms with Crippen LogP contribution < -0.4 is 9.64 Å². The predicted molar refractivity (Wildman–Crippen MR) is 86.5 cm³/mol. The zero-order chi connectivity index (χ0) is 17.8. The monoisotopic (exact) mass is 350 g/mol. The van der Waals surface area contributed by atoms with Crippen molar-refractivity contribution in [2.24, 2.45) is 5.92 Å². The van der Waals surface area contributed by atoms with Gasteiger partial charge in [0.2, 0.25) is 0 Å². The van der Waals surface area contributed by atoms with Crippen molar-refractivity contribution in [1.82, 2.24) is 4.98 Å². The molecule has 7 heteroatoms. The number of piperidine rings is 1. The lowest BCUT2D eigenvalue weighted by Gasteiger charge is -2.32. The van der Waals surface area contributed by atoms with Crippen LogP contribution >= 0.6 is 0 Å². The molecular weight excluding hydrogens is 333 g/mol. The van der Waals surface area contributed by atoms with Crippen molar-refractivity contribution >= 4 is 11.6 Å². The first kappa shape index (κ1) is 17.3. The molecule has 3 rings (SSSR count). The molecule has 4 nitrogen and oxygen atoms in total. The number of ketones is 1. The van der Waals surface area contributed by atoms with Crippen molar-refractivity contribution in [3.63, 3.8) is 0 Å². The summed E-state index contributed by atoms with van der Waals surface area (Å²) in [6.45, 7) is -1.60. The first-order valence-corrected chi connectivity index (χ1v) is 7.98. The van der Waals surface area contributed by atoms with Crippen LogP contribution in [0.2, 0.25) is 0 Å². The minimum Gasteiger partial charge on any atom is -0.433 e. The summed E-state index contributed by atoms with van der Waals surface area (Å²) >= 11 is 0. The molecule has 1 aliphatic rings. The van der Waals surface area contributed by atoms with E-state index in [2.05, 4.69) is 9.72 Å². The number of hydrogen-bond acceptors (Lipinski definition) is 4. The number of nitrogens with zero attached hydrogens (tertiary/aromatic N) is 2. The lowest BCUT2D eigenvalue weighted by atomic mass is 9.89. The highest BCUT2D eigenvalue weighted by Crippen LogP contribution is 2.26. The highest BCUT2D eigenvalue weighted by molar-refractivity contribution is 5.97. The Labute approximate surface area is 143 Å². The second-order valence-electron chi connectivity index (χ2n) is 5.86. The Morgan fingerprint density at radius 2 is 1.80 bits per heavy atom. The van der Waals surface area contributed by atoms with Crippen molar-refractivity contribution in [3.8, 4) is 5.75 Å². The molecule has 0 aliphatic carbocycles. The van der Waals surface area contributed by atoms with Gasteiger partial charge in [-0.15, -0.1) is 0 Å². The van der Waals surface area contributed by atoms with E-state index in [0.29, 0.717) is 37.3 Å². The molecule has 1 aliphatic heterocycles. The largest absolute Gasteiger partial charge is 0.433 e. The molecule has 1 aromatic carbocycles. The Morgan fingerprint density at radius 1 is 1.12 bits per heavy atom. The number of ether oxygens (including phenoxy) is 1. The van der Waals surface area contributed by atoms with Crippen LogP contribution in [-0.2, 0) is 0 Å². The lowest BCUT2D eigenvalue weighted by Crippen LogP contribution is -2.36. The summed E-state index contributed by atoms with van der Waals surface area (Å²) in [6.07, 6.45) is 2.58. The molecule has 0 spiro atoms. The van der Waals surface area contributed by atoms with E-state index >= 15 is 0 Å². The maximum Gasteiger partial charge on any atom is 0.387 e. The van der Waals surface area contributed by atoms with Crippen LogP contribution in [0, 0.1) is 11.7 Å². The summed E-state index contributed by atoms with van der Waals surface area (Å²) in [5.41, 5.74) is 0.520.